The molecule has 0 N–H and O–H groups in total. The topological polar surface area (TPSA) is 101 Å². The summed E-state index contributed by atoms with van der Waals surface area (Å²) >= 11 is 0. The van der Waals surface area contributed by atoms with E-state index in [4.69, 9.17) is 23.1 Å². The molecule has 0 fully saturated rings. The molecular weight excluding hydrogens is 931 g/mol. The zero-order valence-electron chi connectivity index (χ0n) is 35.4. The van der Waals surface area contributed by atoms with Crippen molar-refractivity contribution < 1.29 is 20.1 Å². The number of nitriles is 2. The average Bonchev–Trinajstić information content (AvgIpc) is 3.60. The Morgan fingerprint density at radius 3 is 1.95 bits per heavy atom. The van der Waals surface area contributed by atoms with Gasteiger partial charge in [0.15, 0.2) is 5.69 Å². The van der Waals surface area contributed by atoms with Crippen molar-refractivity contribution >= 4 is 28.6 Å². The van der Waals surface area contributed by atoms with Crippen LogP contribution in [-0.4, -0.2) is 22.0 Å². The number of aromatic nitrogens is 3. The number of fused-ring (bicyclic) bond motifs is 1. The summed E-state index contributed by atoms with van der Waals surface area (Å²) < 4.78 is 0. The molecule has 0 atom stereocenters. The number of unbranched alkanes of at least 4 members (excludes halogenated alkanes) is 1. The van der Waals surface area contributed by atoms with Gasteiger partial charge < -0.3 is 19.8 Å². The number of hydrogen-bond acceptors (Lipinski definition) is 7. The van der Waals surface area contributed by atoms with Crippen LogP contribution in [-0.2, 0) is 43.8 Å². The third kappa shape index (κ3) is 10.9. The van der Waals surface area contributed by atoms with Crippen LogP contribution in [0.15, 0.2) is 91.1 Å². The van der Waals surface area contributed by atoms with Crippen molar-refractivity contribution in [1.82, 2.24) is 15.0 Å². The maximum Gasteiger partial charge on any atom is 0.236 e. The number of benzene rings is 3. The number of rotatable bonds is 8. The number of anilines is 3. The van der Waals surface area contributed by atoms with Gasteiger partial charge in [-0.1, -0.05) is 71.4 Å². The van der Waals surface area contributed by atoms with E-state index in [0.29, 0.717) is 45.0 Å². The van der Waals surface area contributed by atoms with Gasteiger partial charge in [-0.05, 0) is 108 Å². The summed E-state index contributed by atoms with van der Waals surface area (Å²) in [5, 5.41) is 19.0. The zero-order chi connectivity index (χ0) is 43.0. The fraction of sp³-hybridized carbons (Fsp3) is 0.255. The smallest absolute Gasteiger partial charge is 0.236 e. The Bertz CT molecular complexity index is 2550. The molecule has 7 rings (SSSR count). The second kappa shape index (κ2) is 19.6. The Balaban J connectivity index is 0.000000343. The van der Waals surface area contributed by atoms with Crippen molar-refractivity contribution in [3.63, 3.8) is 0 Å². The van der Waals surface area contributed by atoms with Crippen LogP contribution in [0.1, 0.15) is 88.0 Å². The Hall–Kier alpha value is -6.68. The van der Waals surface area contributed by atoms with Crippen molar-refractivity contribution in [3.05, 3.63) is 172 Å². The van der Waals surface area contributed by atoms with E-state index in [1.54, 1.807) is 24.3 Å². The summed E-state index contributed by atoms with van der Waals surface area (Å²) in [5.41, 5.74) is 10.2. The van der Waals surface area contributed by atoms with Gasteiger partial charge in [0.2, 0.25) is 5.69 Å². The van der Waals surface area contributed by atoms with Crippen molar-refractivity contribution in [2.24, 2.45) is 0 Å². The number of hydrogen-bond donors (Lipinski definition) is 0. The monoisotopic (exact) mass is 976 g/mol. The van der Waals surface area contributed by atoms with Gasteiger partial charge in [-0.2, -0.15) is 41.8 Å². The van der Waals surface area contributed by atoms with Crippen LogP contribution in [0.5, 0.6) is 0 Å². The molecule has 1 aliphatic heterocycles. The van der Waals surface area contributed by atoms with E-state index < -0.39 is 0 Å². The van der Waals surface area contributed by atoms with Gasteiger partial charge in [0, 0.05) is 55.5 Å². The molecule has 0 saturated carbocycles. The van der Waals surface area contributed by atoms with Crippen molar-refractivity contribution in [2.45, 2.75) is 78.1 Å². The fourth-order valence-electron chi connectivity index (χ4n) is 6.71. The molecule has 0 saturated heterocycles. The van der Waals surface area contributed by atoms with E-state index in [-0.39, 0.29) is 30.9 Å². The van der Waals surface area contributed by atoms with E-state index in [1.165, 1.54) is 0 Å². The number of pyridine rings is 3. The van der Waals surface area contributed by atoms with Crippen molar-refractivity contribution in [2.75, 3.05) is 16.8 Å². The van der Waals surface area contributed by atoms with Gasteiger partial charge in [-0.15, -0.1) is 29.4 Å². The second-order valence-corrected chi connectivity index (χ2v) is 16.6. The first kappa shape index (κ1) is 45.4. The van der Waals surface area contributed by atoms with Gasteiger partial charge in [0.1, 0.15) is 12.4 Å². The summed E-state index contributed by atoms with van der Waals surface area (Å²) in [7, 11) is 2.02. The van der Waals surface area contributed by atoms with Crippen LogP contribution < -0.4 is 9.80 Å². The molecule has 0 spiro atoms. The molecule has 10 heteroatoms. The van der Waals surface area contributed by atoms with Crippen LogP contribution in [0, 0.1) is 60.7 Å². The van der Waals surface area contributed by atoms with Crippen LogP contribution in [0.2, 0.25) is 0 Å². The predicted octanol–water partition coefficient (Wildman–Crippen LogP) is 12.0. The Morgan fingerprint density at radius 2 is 1.39 bits per heavy atom. The fourth-order valence-corrected chi connectivity index (χ4v) is 6.71. The number of aryl methyl sites for hydroxylation is 2. The van der Waals surface area contributed by atoms with E-state index in [1.807, 2.05) is 67.3 Å². The number of nitrogens with zero attached hydrogens (tertiary/aromatic N) is 9. The van der Waals surface area contributed by atoms with E-state index >= 15 is 0 Å². The second-order valence-electron chi connectivity index (χ2n) is 16.6. The van der Waals surface area contributed by atoms with Crippen molar-refractivity contribution in [3.8, 4) is 34.7 Å². The predicted molar refractivity (Wildman–Crippen MR) is 237 cm³/mol. The summed E-state index contributed by atoms with van der Waals surface area (Å²) in [4.78, 5) is 25.4. The molecular formula is C51H45IrN9-4. The molecule has 3 aromatic carbocycles. The summed E-state index contributed by atoms with van der Waals surface area (Å²) in [5.74, 6) is 0.951. The van der Waals surface area contributed by atoms with Crippen LogP contribution >= 0.6 is 0 Å². The summed E-state index contributed by atoms with van der Waals surface area (Å²) in [6.45, 7) is 29.9. The first-order valence-corrected chi connectivity index (χ1v) is 19.7. The van der Waals surface area contributed by atoms with Gasteiger partial charge in [-0.25, -0.2) is 20.4 Å². The number of para-hydroxylation sites is 1. The molecule has 3 aromatic heterocycles. The van der Waals surface area contributed by atoms with Gasteiger partial charge in [-0.3, -0.25) is 0 Å². The Morgan fingerprint density at radius 1 is 0.754 bits per heavy atom. The van der Waals surface area contributed by atoms with E-state index in [0.717, 1.165) is 65.4 Å². The van der Waals surface area contributed by atoms with Gasteiger partial charge in [0.05, 0.1) is 6.57 Å². The molecule has 1 aliphatic rings. The normalized spacial score (nSPS) is 11.8. The van der Waals surface area contributed by atoms with Gasteiger partial charge in [0.25, 0.3) is 0 Å². The summed E-state index contributed by atoms with van der Waals surface area (Å²) in [6.07, 6.45) is 5.10. The molecule has 1 radical (unpaired) electrons. The third-order valence-electron chi connectivity index (χ3n) is 10.1. The third-order valence-corrected chi connectivity index (χ3v) is 10.1. The maximum absolute atomic E-state index is 9.76. The summed E-state index contributed by atoms with van der Waals surface area (Å²) in [6, 6.07) is 40.4. The van der Waals surface area contributed by atoms with Gasteiger partial charge >= 0.3 is 0 Å². The SMILES string of the molecule is CN1[CH-]N(c2[c-]cccc2)c2ncccc21.[C-]#[N+]c1c[c-]c(-c2cc(C(C)(C)C)cc(CCCCc3cc(C(C)(C)C)cc(-c4[c-]cc(C#N)cc4[N+]#[C-])n3)n2)c(C#N)c1.[Ir]. The largest absolute Gasteiger partial charge is 0.502 e. The molecule has 0 unspecified atom stereocenters. The quantitative estimate of drug-likeness (QED) is 0.111. The van der Waals surface area contributed by atoms with Crippen molar-refractivity contribution in [1.29, 1.82) is 10.5 Å². The Kier molecular flexibility index (Phi) is 14.6. The standard InChI is InChI=1S/C38H34N6.C13H11N3.Ir/c1-37(2,3)27-19-30(43-35(21-27)32-16-14-29(41-7)18-26(32)24-40)11-9-10-12-31-20-28(38(4,5)6)22-36(44-31)33-15-13-25(23-39)17-34(33)42-8;1-15-10-16(11-6-3-2-4-7-11)13-12(15)8-5-9-14-13;/h13-14,17-22H,9-12H2,1-6H3;2-6,8-10H,1H3;/q2*-2;. The molecule has 9 nitrogen and oxygen atoms in total. The molecule has 0 bridgehead atoms. The molecule has 6 aromatic rings. The first-order chi connectivity index (χ1) is 28.7. The van der Waals surface area contributed by atoms with Crippen LogP contribution in [0.25, 0.3) is 32.2 Å². The van der Waals surface area contributed by atoms with Crippen LogP contribution in [0.3, 0.4) is 0 Å². The molecule has 0 amide bonds. The van der Waals surface area contributed by atoms with Crippen LogP contribution in [0.4, 0.5) is 28.6 Å². The molecule has 307 valence electrons. The minimum Gasteiger partial charge on any atom is -0.502 e. The molecule has 61 heavy (non-hydrogen) atoms. The zero-order valence-corrected chi connectivity index (χ0v) is 37.8. The average molecular weight is 976 g/mol. The minimum atomic E-state index is -0.115. The maximum atomic E-state index is 9.76. The van der Waals surface area contributed by atoms with E-state index in [9.17, 15) is 10.5 Å². The molecule has 0 aliphatic carbocycles. The van der Waals surface area contributed by atoms with E-state index in [2.05, 4.69) is 110 Å². The Labute approximate surface area is 374 Å². The first-order valence-electron chi connectivity index (χ1n) is 19.7. The molecule has 4 heterocycles. The minimum absolute atomic E-state index is 0.